The summed E-state index contributed by atoms with van der Waals surface area (Å²) in [5.74, 6) is -2.86. The molecule has 3 N–H and O–H groups in total. The summed E-state index contributed by atoms with van der Waals surface area (Å²) in [6.45, 7) is 8.01. The number of ether oxygens (including phenoxy) is 1. The molecular formula is C36H47FN8O6. The lowest BCUT2D eigenvalue weighted by atomic mass is 9.79. The molecule has 1 saturated heterocycles. The number of benzene rings is 1. The molecule has 2 fully saturated rings. The minimum atomic E-state index is -1.06. The Morgan fingerprint density at radius 2 is 1.71 bits per heavy atom. The van der Waals surface area contributed by atoms with Gasteiger partial charge < -0.3 is 30.5 Å². The Morgan fingerprint density at radius 1 is 1.00 bits per heavy atom. The van der Waals surface area contributed by atoms with Gasteiger partial charge in [0.25, 0.3) is 11.8 Å². The molecule has 0 spiro atoms. The van der Waals surface area contributed by atoms with Crippen LogP contribution in [-0.2, 0) is 16.0 Å². The SMILES string of the molecule is CCc1nonc1C(=O)N[C@H](C(=O)Nc1ccc([C@H](C)[C@@H](NC(=O)c2ncccc2OC)C(=O)N2CCN(C)CC2)cc1F)C1CCC(C)CC1. The number of aryl methyl sites for hydroxylation is 1. The average Bonchev–Trinajstić information content (AvgIpc) is 3.63. The van der Waals surface area contributed by atoms with Crippen LogP contribution in [0.2, 0.25) is 0 Å². The maximum Gasteiger partial charge on any atom is 0.276 e. The first-order chi connectivity index (χ1) is 24.5. The van der Waals surface area contributed by atoms with Crippen LogP contribution in [0.25, 0.3) is 0 Å². The second-order valence-electron chi connectivity index (χ2n) is 13.5. The number of carbonyl (C=O) groups excluding carboxylic acids is 4. The average molecular weight is 707 g/mol. The Labute approximate surface area is 296 Å². The van der Waals surface area contributed by atoms with Crippen molar-refractivity contribution in [2.45, 2.75) is 70.9 Å². The summed E-state index contributed by atoms with van der Waals surface area (Å²) in [6.07, 6.45) is 5.11. The molecule has 0 radical (unpaired) electrons. The third-order valence-corrected chi connectivity index (χ3v) is 10.1. The molecule has 1 saturated carbocycles. The van der Waals surface area contributed by atoms with Crippen LogP contribution in [0.5, 0.6) is 5.75 Å². The first kappa shape index (κ1) is 37.3. The third kappa shape index (κ3) is 8.88. The molecular weight excluding hydrogens is 659 g/mol. The predicted molar refractivity (Wildman–Crippen MR) is 186 cm³/mol. The van der Waals surface area contributed by atoms with Crippen molar-refractivity contribution in [3.63, 3.8) is 0 Å². The molecule has 3 atom stereocenters. The summed E-state index contributed by atoms with van der Waals surface area (Å²) >= 11 is 0. The number of piperazine rings is 1. The highest BCUT2D eigenvalue weighted by Gasteiger charge is 2.36. The maximum atomic E-state index is 15.9. The summed E-state index contributed by atoms with van der Waals surface area (Å²) in [5.41, 5.74) is 0.758. The monoisotopic (exact) mass is 706 g/mol. The zero-order valence-corrected chi connectivity index (χ0v) is 29.8. The first-order valence-electron chi connectivity index (χ1n) is 17.5. The van der Waals surface area contributed by atoms with E-state index in [1.54, 1.807) is 30.0 Å². The van der Waals surface area contributed by atoms with E-state index in [1.807, 2.05) is 14.0 Å². The highest BCUT2D eigenvalue weighted by molar-refractivity contribution is 6.01. The van der Waals surface area contributed by atoms with E-state index in [0.717, 1.165) is 25.7 Å². The highest BCUT2D eigenvalue weighted by Crippen LogP contribution is 2.32. The lowest BCUT2D eigenvalue weighted by Gasteiger charge is -2.36. The van der Waals surface area contributed by atoms with Crippen LogP contribution in [0.1, 0.15) is 84.6 Å². The smallest absolute Gasteiger partial charge is 0.276 e. The van der Waals surface area contributed by atoms with Crippen molar-refractivity contribution in [2.75, 3.05) is 45.7 Å². The van der Waals surface area contributed by atoms with Crippen LogP contribution >= 0.6 is 0 Å². The van der Waals surface area contributed by atoms with E-state index in [1.165, 1.54) is 25.4 Å². The number of aromatic nitrogens is 3. The molecule has 274 valence electrons. The van der Waals surface area contributed by atoms with E-state index >= 15 is 4.39 Å². The van der Waals surface area contributed by atoms with Crippen molar-refractivity contribution >= 4 is 29.3 Å². The number of carbonyl (C=O) groups is 4. The van der Waals surface area contributed by atoms with E-state index in [-0.39, 0.29) is 34.6 Å². The second kappa shape index (κ2) is 16.9. The number of methoxy groups -OCH3 is 1. The Balaban J connectivity index is 1.36. The number of pyridine rings is 1. The van der Waals surface area contributed by atoms with Crippen molar-refractivity contribution in [2.24, 2.45) is 11.8 Å². The van der Waals surface area contributed by atoms with E-state index in [9.17, 15) is 19.2 Å². The molecule has 3 heterocycles. The molecule has 3 aromatic rings. The summed E-state index contributed by atoms with van der Waals surface area (Å²) < 4.78 is 25.9. The second-order valence-corrected chi connectivity index (χ2v) is 13.5. The zero-order chi connectivity index (χ0) is 36.7. The topological polar surface area (TPSA) is 172 Å². The molecule has 1 aromatic carbocycles. The van der Waals surface area contributed by atoms with E-state index in [2.05, 4.69) is 43.1 Å². The van der Waals surface area contributed by atoms with Crippen LogP contribution in [0.15, 0.2) is 41.2 Å². The van der Waals surface area contributed by atoms with Crippen LogP contribution in [-0.4, -0.2) is 101 Å². The van der Waals surface area contributed by atoms with Crippen molar-refractivity contribution < 1.29 is 32.9 Å². The number of rotatable bonds is 12. The highest BCUT2D eigenvalue weighted by atomic mass is 19.1. The van der Waals surface area contributed by atoms with Crippen LogP contribution in [0.4, 0.5) is 10.1 Å². The van der Waals surface area contributed by atoms with Gasteiger partial charge in [-0.05, 0) is 73.1 Å². The van der Waals surface area contributed by atoms with Crippen molar-refractivity contribution in [1.29, 1.82) is 0 Å². The summed E-state index contributed by atoms with van der Waals surface area (Å²) in [4.78, 5) is 62.3. The zero-order valence-electron chi connectivity index (χ0n) is 29.8. The van der Waals surface area contributed by atoms with Gasteiger partial charge in [-0.25, -0.2) is 14.0 Å². The fourth-order valence-corrected chi connectivity index (χ4v) is 6.72. The van der Waals surface area contributed by atoms with Crippen molar-refractivity contribution in [3.8, 4) is 5.75 Å². The number of amides is 4. The maximum absolute atomic E-state index is 15.9. The van der Waals surface area contributed by atoms with Crippen molar-refractivity contribution in [1.82, 2.24) is 35.7 Å². The van der Waals surface area contributed by atoms with E-state index < -0.39 is 41.5 Å². The summed E-state index contributed by atoms with van der Waals surface area (Å²) in [6, 6.07) is 5.53. The fraction of sp³-hybridized carbons (Fsp3) is 0.528. The molecule has 0 unspecified atom stereocenters. The molecule has 15 heteroatoms. The first-order valence-corrected chi connectivity index (χ1v) is 17.5. The van der Waals surface area contributed by atoms with Gasteiger partial charge in [-0.15, -0.1) is 0 Å². The lowest BCUT2D eigenvalue weighted by molar-refractivity contribution is -0.135. The summed E-state index contributed by atoms with van der Waals surface area (Å²) in [5, 5.41) is 15.8. The molecule has 51 heavy (non-hydrogen) atoms. The molecule has 1 aliphatic carbocycles. The quantitative estimate of drug-likeness (QED) is 0.254. The van der Waals surface area contributed by atoms with Crippen LogP contribution < -0.4 is 20.7 Å². The van der Waals surface area contributed by atoms with Crippen molar-refractivity contribution in [3.05, 3.63) is 65.0 Å². The number of likely N-dealkylation sites (N-methyl/N-ethyl adjacent to an activating group) is 1. The largest absolute Gasteiger partial charge is 0.494 e. The van der Waals surface area contributed by atoms with Gasteiger partial charge in [-0.3, -0.25) is 19.2 Å². The molecule has 5 rings (SSSR count). The van der Waals surface area contributed by atoms with Gasteiger partial charge in [-0.2, -0.15) is 0 Å². The van der Waals surface area contributed by atoms with Gasteiger partial charge in [-0.1, -0.05) is 44.8 Å². The summed E-state index contributed by atoms with van der Waals surface area (Å²) in [7, 11) is 3.40. The van der Waals surface area contributed by atoms with Crippen LogP contribution in [0, 0.1) is 17.7 Å². The molecule has 4 amide bonds. The Morgan fingerprint density at radius 3 is 2.37 bits per heavy atom. The van der Waals surface area contributed by atoms with E-state index in [0.29, 0.717) is 49.8 Å². The lowest BCUT2D eigenvalue weighted by Crippen LogP contribution is -2.55. The number of halogens is 1. The number of hydrogen-bond acceptors (Lipinski definition) is 10. The molecule has 1 aliphatic heterocycles. The number of hydrogen-bond donors (Lipinski definition) is 3. The Kier molecular flexibility index (Phi) is 12.3. The Hall–Kier alpha value is -4.92. The molecule has 0 bridgehead atoms. The predicted octanol–water partition coefficient (Wildman–Crippen LogP) is 3.41. The third-order valence-electron chi connectivity index (χ3n) is 10.1. The van der Waals surface area contributed by atoms with Gasteiger partial charge in [0.05, 0.1) is 12.8 Å². The number of nitrogens with zero attached hydrogens (tertiary/aromatic N) is 5. The fourth-order valence-electron chi connectivity index (χ4n) is 6.72. The molecule has 2 aliphatic rings. The minimum Gasteiger partial charge on any atom is -0.494 e. The van der Waals surface area contributed by atoms with Gasteiger partial charge in [0, 0.05) is 38.3 Å². The standard InChI is InChI=1S/C36H47FN8O6/c1-6-26-31(43-51-42-26)34(47)41-30(23-11-9-21(2)10-12-23)33(46)39-27-14-13-24(20-25(27)37)22(3)29(36(49)45-18-16-44(4)17-19-45)40-35(48)32-28(50-5)8-7-15-38-32/h7-8,13-15,20-23,29-30H,6,9-12,16-19H2,1-5H3,(H,39,46)(H,40,48)(H,41,47)/t21?,22-,23?,29+,30-/m0/s1. The van der Waals surface area contributed by atoms with Gasteiger partial charge in [0.15, 0.2) is 11.4 Å². The normalized spacial score (nSPS) is 19.8. The minimum absolute atomic E-state index is 0.0123. The van der Waals surface area contributed by atoms with Gasteiger partial charge >= 0.3 is 0 Å². The molecule has 2 aromatic heterocycles. The van der Waals surface area contributed by atoms with Gasteiger partial charge in [0.1, 0.15) is 29.3 Å². The van der Waals surface area contributed by atoms with E-state index in [4.69, 9.17) is 9.37 Å². The van der Waals surface area contributed by atoms with Gasteiger partial charge in [0.2, 0.25) is 11.8 Å². The number of nitrogens with one attached hydrogen (secondary N) is 3. The number of anilines is 1. The van der Waals surface area contributed by atoms with Crippen LogP contribution in [0.3, 0.4) is 0 Å². The molecule has 14 nitrogen and oxygen atoms in total. The Bertz CT molecular complexity index is 1700.